The summed E-state index contributed by atoms with van der Waals surface area (Å²) >= 11 is 0. The molecule has 1 aromatic heterocycles. The van der Waals surface area contributed by atoms with Gasteiger partial charge in [-0.05, 0) is 24.6 Å². The lowest BCUT2D eigenvalue weighted by Gasteiger charge is -2.29. The highest BCUT2D eigenvalue weighted by Crippen LogP contribution is 2.49. The van der Waals surface area contributed by atoms with Crippen LogP contribution in [0.15, 0.2) is 48.7 Å². The van der Waals surface area contributed by atoms with E-state index in [4.69, 9.17) is 4.74 Å². The van der Waals surface area contributed by atoms with Gasteiger partial charge >= 0.3 is 0 Å². The molecule has 0 aliphatic carbocycles. The van der Waals surface area contributed by atoms with Gasteiger partial charge in [0, 0.05) is 44.4 Å². The predicted octanol–water partition coefficient (Wildman–Crippen LogP) is 2.54. The highest BCUT2D eigenvalue weighted by atomic mass is 16.5. The largest absolute Gasteiger partial charge is 0.481 e. The number of nitrogens with zero attached hydrogens (tertiary/aromatic N) is 3. The highest BCUT2D eigenvalue weighted by molar-refractivity contribution is 5.87. The maximum atomic E-state index is 13.1. The minimum absolute atomic E-state index is 0.252. The first kappa shape index (κ1) is 17.0. The summed E-state index contributed by atoms with van der Waals surface area (Å²) in [6.45, 7) is 3.26. The molecule has 3 heterocycles. The van der Waals surface area contributed by atoms with Gasteiger partial charge < -0.3 is 9.64 Å². The van der Waals surface area contributed by atoms with Crippen molar-refractivity contribution in [1.29, 1.82) is 0 Å². The van der Waals surface area contributed by atoms with Crippen LogP contribution in [0.4, 0.5) is 0 Å². The molecule has 5 nitrogen and oxygen atoms in total. The van der Waals surface area contributed by atoms with E-state index in [-0.39, 0.29) is 17.2 Å². The average Bonchev–Trinajstić information content (AvgIpc) is 3.20. The van der Waals surface area contributed by atoms with Crippen molar-refractivity contribution in [3.8, 4) is 5.88 Å². The quantitative estimate of drug-likeness (QED) is 0.849. The Morgan fingerprint density at radius 1 is 1.23 bits per heavy atom. The summed E-state index contributed by atoms with van der Waals surface area (Å²) < 4.78 is 5.39. The van der Waals surface area contributed by atoms with Gasteiger partial charge in [0.15, 0.2) is 0 Å². The summed E-state index contributed by atoms with van der Waals surface area (Å²) in [5, 5.41) is 0. The number of rotatable bonds is 4. The molecular formula is C21H25N3O2. The third-order valence-corrected chi connectivity index (χ3v) is 5.92. The Labute approximate surface area is 154 Å². The van der Waals surface area contributed by atoms with Crippen molar-refractivity contribution in [1.82, 2.24) is 14.8 Å². The van der Waals surface area contributed by atoms with Crippen LogP contribution < -0.4 is 4.74 Å². The van der Waals surface area contributed by atoms with Crippen LogP contribution in [0.2, 0.25) is 0 Å². The number of benzene rings is 1. The molecule has 2 aliphatic heterocycles. The Bertz CT molecular complexity index is 795. The lowest BCUT2D eigenvalue weighted by atomic mass is 9.73. The van der Waals surface area contributed by atoms with Crippen LogP contribution in [-0.2, 0) is 11.3 Å². The van der Waals surface area contributed by atoms with Crippen molar-refractivity contribution in [3.05, 3.63) is 59.8 Å². The number of carbonyl (C=O) groups excluding carboxylic acids is 1. The van der Waals surface area contributed by atoms with E-state index in [0.717, 1.165) is 38.2 Å². The minimum atomic E-state index is -0.314. The minimum Gasteiger partial charge on any atom is -0.481 e. The van der Waals surface area contributed by atoms with Crippen molar-refractivity contribution in [2.75, 3.05) is 33.8 Å². The Morgan fingerprint density at radius 3 is 2.81 bits per heavy atom. The molecule has 0 N–H and O–H groups in total. The second-order valence-electron chi connectivity index (χ2n) is 7.44. The van der Waals surface area contributed by atoms with Crippen molar-refractivity contribution in [3.63, 3.8) is 0 Å². The highest BCUT2D eigenvalue weighted by Gasteiger charge is 2.56. The van der Waals surface area contributed by atoms with Gasteiger partial charge in [-0.3, -0.25) is 9.69 Å². The van der Waals surface area contributed by atoms with E-state index in [1.807, 2.05) is 30.1 Å². The van der Waals surface area contributed by atoms with E-state index in [1.165, 1.54) is 5.56 Å². The van der Waals surface area contributed by atoms with Crippen LogP contribution in [0.5, 0.6) is 5.88 Å². The molecule has 1 aromatic carbocycles. The number of likely N-dealkylation sites (N-methyl/N-ethyl adjacent to an activating group) is 1. The summed E-state index contributed by atoms with van der Waals surface area (Å²) in [6.07, 6.45) is 2.65. The first-order chi connectivity index (χ1) is 12.6. The fraction of sp³-hybridized carbons (Fsp3) is 0.429. The molecular weight excluding hydrogens is 326 g/mol. The van der Waals surface area contributed by atoms with Gasteiger partial charge in [-0.1, -0.05) is 36.4 Å². The zero-order valence-corrected chi connectivity index (χ0v) is 15.4. The monoisotopic (exact) mass is 351 g/mol. The zero-order valence-electron chi connectivity index (χ0n) is 15.4. The second-order valence-corrected chi connectivity index (χ2v) is 7.44. The standard InChI is InChI=1S/C21H25N3O2/c1-23-14-18(16-7-4-3-5-8-16)21(20(23)25)10-12-24(15-21)13-17-9-6-11-22-19(17)26-2/h3-9,11,18H,10,12-15H2,1-2H3. The number of ether oxygens (including phenoxy) is 1. The molecule has 2 fully saturated rings. The fourth-order valence-electron chi connectivity index (χ4n) is 4.65. The van der Waals surface area contributed by atoms with E-state index < -0.39 is 0 Å². The number of methoxy groups -OCH3 is 1. The summed E-state index contributed by atoms with van der Waals surface area (Å²) in [4.78, 5) is 21.7. The molecule has 2 unspecified atom stereocenters. The topological polar surface area (TPSA) is 45.7 Å². The van der Waals surface area contributed by atoms with Gasteiger partial charge in [-0.15, -0.1) is 0 Å². The summed E-state index contributed by atoms with van der Waals surface area (Å²) in [7, 11) is 3.58. The van der Waals surface area contributed by atoms with Gasteiger partial charge in [0.25, 0.3) is 0 Å². The number of likely N-dealkylation sites (tertiary alicyclic amines) is 2. The van der Waals surface area contributed by atoms with Gasteiger partial charge in [0.05, 0.1) is 12.5 Å². The average molecular weight is 351 g/mol. The third kappa shape index (κ3) is 2.76. The molecule has 5 heteroatoms. The van der Waals surface area contributed by atoms with Crippen molar-refractivity contribution in [2.24, 2.45) is 5.41 Å². The second kappa shape index (κ2) is 6.72. The van der Waals surface area contributed by atoms with Crippen LogP contribution in [0.1, 0.15) is 23.5 Å². The molecule has 1 spiro atoms. The normalized spacial score (nSPS) is 26.0. The van der Waals surface area contributed by atoms with E-state index in [2.05, 4.69) is 34.1 Å². The maximum absolute atomic E-state index is 13.1. The molecule has 2 atom stereocenters. The van der Waals surface area contributed by atoms with E-state index in [9.17, 15) is 4.79 Å². The van der Waals surface area contributed by atoms with Crippen molar-refractivity contribution < 1.29 is 9.53 Å². The molecule has 2 aliphatic rings. The van der Waals surface area contributed by atoms with E-state index in [1.54, 1.807) is 13.3 Å². The smallest absolute Gasteiger partial charge is 0.230 e. The van der Waals surface area contributed by atoms with Gasteiger partial charge in [-0.2, -0.15) is 0 Å². The Morgan fingerprint density at radius 2 is 2.04 bits per heavy atom. The number of hydrogen-bond acceptors (Lipinski definition) is 4. The lowest BCUT2D eigenvalue weighted by Crippen LogP contribution is -2.37. The number of aromatic nitrogens is 1. The van der Waals surface area contributed by atoms with Crippen LogP contribution in [0.3, 0.4) is 0 Å². The maximum Gasteiger partial charge on any atom is 0.230 e. The lowest BCUT2D eigenvalue weighted by molar-refractivity contribution is -0.134. The van der Waals surface area contributed by atoms with E-state index >= 15 is 0 Å². The first-order valence-corrected chi connectivity index (χ1v) is 9.15. The number of pyridine rings is 1. The Kier molecular flexibility index (Phi) is 4.41. The van der Waals surface area contributed by atoms with Gasteiger partial charge in [-0.25, -0.2) is 4.98 Å². The van der Waals surface area contributed by atoms with Gasteiger partial charge in [0.2, 0.25) is 11.8 Å². The van der Waals surface area contributed by atoms with Crippen LogP contribution in [0, 0.1) is 5.41 Å². The number of hydrogen-bond donors (Lipinski definition) is 0. The molecule has 2 saturated heterocycles. The summed E-state index contributed by atoms with van der Waals surface area (Å²) in [5.41, 5.74) is 2.03. The summed E-state index contributed by atoms with van der Waals surface area (Å²) in [5.74, 6) is 1.21. The number of amides is 1. The molecule has 26 heavy (non-hydrogen) atoms. The molecule has 2 aromatic rings. The van der Waals surface area contributed by atoms with Crippen molar-refractivity contribution in [2.45, 2.75) is 18.9 Å². The van der Waals surface area contributed by atoms with Crippen LogP contribution in [0.25, 0.3) is 0 Å². The van der Waals surface area contributed by atoms with Gasteiger partial charge in [0.1, 0.15) is 0 Å². The molecule has 136 valence electrons. The predicted molar refractivity (Wildman–Crippen MR) is 99.9 cm³/mol. The fourth-order valence-corrected chi connectivity index (χ4v) is 4.65. The SMILES string of the molecule is COc1ncccc1CN1CCC2(C1)C(=O)N(C)CC2c1ccccc1. The van der Waals surface area contributed by atoms with E-state index in [0.29, 0.717) is 5.88 Å². The van der Waals surface area contributed by atoms with Crippen LogP contribution in [-0.4, -0.2) is 54.5 Å². The van der Waals surface area contributed by atoms with Crippen molar-refractivity contribution >= 4 is 5.91 Å². The molecule has 0 radical (unpaired) electrons. The van der Waals surface area contributed by atoms with Crippen LogP contribution >= 0.6 is 0 Å². The molecule has 0 saturated carbocycles. The Balaban J connectivity index is 1.59. The third-order valence-electron chi connectivity index (χ3n) is 5.92. The molecule has 1 amide bonds. The zero-order chi connectivity index (χ0) is 18.1. The molecule has 4 rings (SSSR count). The Hall–Kier alpha value is -2.40. The number of carbonyl (C=O) groups is 1. The summed E-state index contributed by atoms with van der Waals surface area (Å²) in [6, 6.07) is 14.5. The molecule has 0 bridgehead atoms. The first-order valence-electron chi connectivity index (χ1n) is 9.15.